The lowest BCUT2D eigenvalue weighted by Gasteiger charge is -2.23. The molecule has 1 amide bonds. The molecular weight excluding hydrogens is 324 g/mol. The molecule has 0 spiro atoms. The number of ether oxygens (including phenoxy) is 1. The van der Waals surface area contributed by atoms with E-state index in [0.29, 0.717) is 18.4 Å². The maximum Gasteiger partial charge on any atom is 0.260 e. The Balaban J connectivity index is 1.95. The summed E-state index contributed by atoms with van der Waals surface area (Å²) in [6.45, 7) is 10.9. The van der Waals surface area contributed by atoms with Gasteiger partial charge >= 0.3 is 0 Å². The molecule has 0 aliphatic heterocycles. The van der Waals surface area contributed by atoms with Gasteiger partial charge in [0.1, 0.15) is 5.75 Å². The van der Waals surface area contributed by atoms with E-state index in [-0.39, 0.29) is 11.8 Å². The van der Waals surface area contributed by atoms with Crippen molar-refractivity contribution >= 4 is 5.91 Å². The van der Waals surface area contributed by atoms with Gasteiger partial charge in [-0.1, -0.05) is 45.9 Å². The average Bonchev–Trinajstić information content (AvgIpc) is 2.62. The Bertz CT molecular complexity index is 698. The van der Waals surface area contributed by atoms with Crippen LogP contribution in [0, 0.1) is 5.92 Å². The van der Waals surface area contributed by atoms with E-state index < -0.39 is 6.10 Å². The summed E-state index contributed by atoms with van der Waals surface area (Å²) in [6, 6.07) is 11.9. The van der Waals surface area contributed by atoms with Gasteiger partial charge in [0.25, 0.3) is 5.91 Å². The van der Waals surface area contributed by atoms with Crippen molar-refractivity contribution in [2.45, 2.75) is 52.6 Å². The summed E-state index contributed by atoms with van der Waals surface area (Å²) in [6.07, 6.45) is 3.09. The van der Waals surface area contributed by atoms with Crippen LogP contribution in [0.2, 0.25) is 0 Å². The minimum absolute atomic E-state index is 0.102. The second-order valence-corrected chi connectivity index (χ2v) is 7.37. The van der Waals surface area contributed by atoms with Crippen LogP contribution in [-0.4, -0.2) is 23.5 Å². The molecule has 2 atom stereocenters. The monoisotopic (exact) mass is 354 g/mol. The van der Waals surface area contributed by atoms with Gasteiger partial charge in [0.15, 0.2) is 6.10 Å². The Hall–Kier alpha value is -2.36. The van der Waals surface area contributed by atoms with Gasteiger partial charge in [-0.25, -0.2) is 0 Å². The highest BCUT2D eigenvalue weighted by atomic mass is 16.5. The van der Waals surface area contributed by atoms with Crippen molar-refractivity contribution in [1.82, 2.24) is 10.3 Å². The smallest absolute Gasteiger partial charge is 0.260 e. The largest absolute Gasteiger partial charge is 0.481 e. The molecule has 140 valence electrons. The van der Waals surface area contributed by atoms with E-state index in [1.54, 1.807) is 13.1 Å². The van der Waals surface area contributed by atoms with Gasteiger partial charge in [0, 0.05) is 24.9 Å². The fraction of sp³-hybridized carbons (Fsp3) is 0.455. The molecule has 26 heavy (non-hydrogen) atoms. The SMILES string of the molecule is CC(Oc1cccc(C(C)C)c1)C(=O)NCC(c1cccnc1)C(C)C. The molecule has 2 aromatic rings. The van der Waals surface area contributed by atoms with Gasteiger partial charge in [0.05, 0.1) is 0 Å². The van der Waals surface area contributed by atoms with E-state index in [9.17, 15) is 4.79 Å². The quantitative estimate of drug-likeness (QED) is 0.758. The number of amides is 1. The number of carbonyl (C=O) groups is 1. The van der Waals surface area contributed by atoms with Crippen molar-refractivity contribution in [3.63, 3.8) is 0 Å². The van der Waals surface area contributed by atoms with Crippen molar-refractivity contribution in [3.05, 3.63) is 59.9 Å². The standard InChI is InChI=1S/C22H30N2O2/c1-15(2)18-8-6-10-20(12-18)26-17(5)22(25)24-14-21(16(3)4)19-9-7-11-23-13-19/h6-13,15-17,21H,14H2,1-5H3,(H,24,25). The van der Waals surface area contributed by atoms with Gasteiger partial charge in [-0.05, 0) is 48.1 Å². The summed E-state index contributed by atoms with van der Waals surface area (Å²) >= 11 is 0. The number of hydrogen-bond donors (Lipinski definition) is 1. The molecule has 1 aromatic carbocycles. The molecule has 2 rings (SSSR count). The van der Waals surface area contributed by atoms with E-state index in [1.807, 2.05) is 30.5 Å². The van der Waals surface area contributed by atoms with Crippen molar-refractivity contribution in [3.8, 4) is 5.75 Å². The molecule has 1 N–H and O–H groups in total. The van der Waals surface area contributed by atoms with E-state index in [1.165, 1.54) is 5.56 Å². The predicted octanol–water partition coefficient (Wildman–Crippen LogP) is 4.53. The summed E-state index contributed by atoms with van der Waals surface area (Å²) in [5.41, 5.74) is 2.34. The van der Waals surface area contributed by atoms with Crippen LogP contribution in [0.1, 0.15) is 57.6 Å². The summed E-state index contributed by atoms with van der Waals surface area (Å²) in [7, 11) is 0. The molecule has 4 heteroatoms. The molecule has 0 bridgehead atoms. The van der Waals surface area contributed by atoms with E-state index in [2.05, 4.69) is 50.1 Å². The number of rotatable bonds is 8. The summed E-state index contributed by atoms with van der Waals surface area (Å²) < 4.78 is 5.84. The van der Waals surface area contributed by atoms with Crippen LogP contribution in [0.4, 0.5) is 0 Å². The lowest BCUT2D eigenvalue weighted by molar-refractivity contribution is -0.127. The van der Waals surface area contributed by atoms with Crippen molar-refractivity contribution in [1.29, 1.82) is 0 Å². The van der Waals surface area contributed by atoms with Gasteiger partial charge in [-0.2, -0.15) is 0 Å². The number of benzene rings is 1. The second-order valence-electron chi connectivity index (χ2n) is 7.37. The molecule has 0 aliphatic carbocycles. The van der Waals surface area contributed by atoms with Gasteiger partial charge in [-0.3, -0.25) is 9.78 Å². The number of aromatic nitrogens is 1. The third-order valence-electron chi connectivity index (χ3n) is 4.62. The lowest BCUT2D eigenvalue weighted by Crippen LogP contribution is -2.39. The summed E-state index contributed by atoms with van der Waals surface area (Å²) in [4.78, 5) is 16.7. The molecule has 0 radical (unpaired) electrons. The second kappa shape index (κ2) is 9.37. The van der Waals surface area contributed by atoms with Crippen LogP contribution in [0.15, 0.2) is 48.8 Å². The molecule has 0 saturated carbocycles. The zero-order valence-electron chi connectivity index (χ0n) is 16.4. The molecule has 2 unspecified atom stereocenters. The summed E-state index contributed by atoms with van der Waals surface area (Å²) in [5, 5.41) is 3.03. The molecule has 4 nitrogen and oxygen atoms in total. The normalized spacial score (nSPS) is 13.5. The van der Waals surface area contributed by atoms with Gasteiger partial charge < -0.3 is 10.1 Å². The van der Waals surface area contributed by atoms with Crippen molar-refractivity contribution in [2.24, 2.45) is 5.92 Å². The Morgan fingerprint density at radius 3 is 2.42 bits per heavy atom. The lowest BCUT2D eigenvalue weighted by atomic mass is 9.89. The van der Waals surface area contributed by atoms with Crippen LogP contribution >= 0.6 is 0 Å². The Kier molecular flexibility index (Phi) is 7.19. The number of nitrogens with zero attached hydrogens (tertiary/aromatic N) is 1. The Morgan fingerprint density at radius 2 is 1.81 bits per heavy atom. The maximum atomic E-state index is 12.5. The molecule has 1 aromatic heterocycles. The van der Waals surface area contributed by atoms with Gasteiger partial charge in [0.2, 0.25) is 0 Å². The third kappa shape index (κ3) is 5.58. The highest BCUT2D eigenvalue weighted by Gasteiger charge is 2.20. The molecule has 0 saturated heterocycles. The summed E-state index contributed by atoms with van der Waals surface area (Å²) in [5.74, 6) is 1.68. The highest BCUT2D eigenvalue weighted by molar-refractivity contribution is 5.80. The molecule has 0 aliphatic rings. The molecule has 1 heterocycles. The predicted molar refractivity (Wildman–Crippen MR) is 105 cm³/mol. The highest BCUT2D eigenvalue weighted by Crippen LogP contribution is 2.23. The van der Waals surface area contributed by atoms with Crippen LogP contribution in [0.25, 0.3) is 0 Å². The van der Waals surface area contributed by atoms with E-state index in [0.717, 1.165) is 11.3 Å². The molecule has 0 fully saturated rings. The number of pyridine rings is 1. The minimum Gasteiger partial charge on any atom is -0.481 e. The van der Waals surface area contributed by atoms with Gasteiger partial charge in [-0.15, -0.1) is 0 Å². The van der Waals surface area contributed by atoms with Crippen LogP contribution in [0.5, 0.6) is 5.75 Å². The van der Waals surface area contributed by atoms with E-state index >= 15 is 0 Å². The zero-order chi connectivity index (χ0) is 19.1. The number of carbonyl (C=O) groups excluding carboxylic acids is 1. The fourth-order valence-corrected chi connectivity index (χ4v) is 2.89. The van der Waals surface area contributed by atoms with Crippen LogP contribution < -0.4 is 10.1 Å². The first-order valence-corrected chi connectivity index (χ1v) is 9.32. The fourth-order valence-electron chi connectivity index (χ4n) is 2.89. The number of hydrogen-bond acceptors (Lipinski definition) is 3. The first-order chi connectivity index (χ1) is 12.4. The first kappa shape index (κ1) is 20.0. The average molecular weight is 354 g/mol. The minimum atomic E-state index is -0.542. The van der Waals surface area contributed by atoms with Crippen LogP contribution in [0.3, 0.4) is 0 Å². The Labute approximate surface area is 157 Å². The zero-order valence-corrected chi connectivity index (χ0v) is 16.4. The number of nitrogens with one attached hydrogen (secondary N) is 1. The van der Waals surface area contributed by atoms with Crippen molar-refractivity contribution < 1.29 is 9.53 Å². The molecular formula is C22H30N2O2. The first-order valence-electron chi connectivity index (χ1n) is 9.32. The maximum absolute atomic E-state index is 12.5. The van der Waals surface area contributed by atoms with Crippen molar-refractivity contribution in [2.75, 3.05) is 6.54 Å². The van der Waals surface area contributed by atoms with E-state index in [4.69, 9.17) is 4.74 Å². The Morgan fingerprint density at radius 1 is 1.08 bits per heavy atom. The third-order valence-corrected chi connectivity index (χ3v) is 4.62. The topological polar surface area (TPSA) is 51.2 Å². The van der Waals surface area contributed by atoms with Crippen LogP contribution in [-0.2, 0) is 4.79 Å².